The summed E-state index contributed by atoms with van der Waals surface area (Å²) >= 11 is 0. The minimum absolute atomic E-state index is 0.0894. The van der Waals surface area contributed by atoms with Gasteiger partial charge < -0.3 is 20.9 Å². The Morgan fingerprint density at radius 1 is 1.03 bits per heavy atom. The van der Waals surface area contributed by atoms with Gasteiger partial charge in [-0.25, -0.2) is 14.8 Å². The molecule has 0 spiro atoms. The number of hydrogen-bond donors (Lipinski definition) is 3. The summed E-state index contributed by atoms with van der Waals surface area (Å²) in [6, 6.07) is 8.00. The molecule has 0 bridgehead atoms. The average Bonchev–Trinajstić information content (AvgIpc) is 3.10. The summed E-state index contributed by atoms with van der Waals surface area (Å²) in [5.74, 6) is 1.56. The number of carbonyl (C=O) groups is 1. The molecule has 1 aromatic carbocycles. The summed E-state index contributed by atoms with van der Waals surface area (Å²) in [5.41, 5.74) is 9.01. The highest BCUT2D eigenvalue weighted by Crippen LogP contribution is 2.29. The fraction of sp³-hybridized carbons (Fsp3) is 0.500. The molecule has 0 aliphatic heterocycles. The van der Waals surface area contributed by atoms with Crippen molar-refractivity contribution < 1.29 is 4.79 Å². The molecule has 0 aliphatic rings. The number of pyridine rings is 1. The summed E-state index contributed by atoms with van der Waals surface area (Å²) in [6.07, 6.45) is 5.94. The van der Waals surface area contributed by atoms with Gasteiger partial charge in [0.2, 0.25) is 0 Å². The van der Waals surface area contributed by atoms with Crippen molar-refractivity contribution in [2.45, 2.75) is 58.9 Å². The second-order valence-electron chi connectivity index (χ2n) is 7.38. The van der Waals surface area contributed by atoms with Gasteiger partial charge in [-0.15, -0.1) is 0 Å². The van der Waals surface area contributed by atoms with Crippen molar-refractivity contribution in [3.8, 4) is 0 Å². The van der Waals surface area contributed by atoms with Gasteiger partial charge in [0.15, 0.2) is 5.82 Å². The van der Waals surface area contributed by atoms with Gasteiger partial charge in [0.1, 0.15) is 11.3 Å². The number of nitrogen functional groups attached to an aromatic ring is 1. The van der Waals surface area contributed by atoms with Gasteiger partial charge in [0.25, 0.3) is 0 Å². The molecule has 3 aromatic rings. The van der Waals surface area contributed by atoms with Crippen molar-refractivity contribution >= 4 is 33.8 Å². The third kappa shape index (κ3) is 4.96. The summed E-state index contributed by atoms with van der Waals surface area (Å²) < 4.78 is 2.31. The number of para-hydroxylation sites is 1. The van der Waals surface area contributed by atoms with Crippen LogP contribution in [-0.4, -0.2) is 33.7 Å². The Morgan fingerprint density at radius 3 is 2.62 bits per heavy atom. The molecule has 0 unspecified atom stereocenters. The highest BCUT2D eigenvalue weighted by Gasteiger charge is 2.16. The lowest BCUT2D eigenvalue weighted by Crippen LogP contribution is -2.36. The van der Waals surface area contributed by atoms with Crippen LogP contribution in [0.5, 0.6) is 0 Å². The molecule has 0 aliphatic carbocycles. The monoisotopic (exact) mass is 396 g/mol. The Hall–Kier alpha value is -2.83. The van der Waals surface area contributed by atoms with Crippen LogP contribution in [0, 0.1) is 0 Å². The molecule has 0 fully saturated rings. The first-order valence-corrected chi connectivity index (χ1v) is 10.7. The van der Waals surface area contributed by atoms with E-state index in [4.69, 9.17) is 10.7 Å². The van der Waals surface area contributed by atoms with Crippen LogP contribution < -0.4 is 16.4 Å². The van der Waals surface area contributed by atoms with Crippen LogP contribution in [0.1, 0.15) is 51.8 Å². The molecular weight excluding hydrogens is 364 g/mol. The number of anilines is 1. The van der Waals surface area contributed by atoms with Crippen molar-refractivity contribution in [1.29, 1.82) is 0 Å². The van der Waals surface area contributed by atoms with E-state index in [0.29, 0.717) is 18.9 Å². The topological polar surface area (TPSA) is 97.9 Å². The smallest absolute Gasteiger partial charge is 0.314 e. The van der Waals surface area contributed by atoms with Crippen molar-refractivity contribution in [3.63, 3.8) is 0 Å². The van der Waals surface area contributed by atoms with E-state index in [1.165, 1.54) is 0 Å². The lowest BCUT2D eigenvalue weighted by atomic mass is 10.2. The molecule has 0 saturated carbocycles. The van der Waals surface area contributed by atoms with E-state index in [1.807, 2.05) is 25.1 Å². The third-order valence-electron chi connectivity index (χ3n) is 5.07. The third-order valence-corrected chi connectivity index (χ3v) is 5.07. The molecule has 3 rings (SSSR count). The fourth-order valence-electron chi connectivity index (χ4n) is 3.57. The van der Waals surface area contributed by atoms with Gasteiger partial charge in [-0.2, -0.15) is 0 Å². The van der Waals surface area contributed by atoms with Crippen LogP contribution in [-0.2, 0) is 13.0 Å². The van der Waals surface area contributed by atoms with Crippen LogP contribution in [0.15, 0.2) is 24.3 Å². The largest absolute Gasteiger partial charge is 0.382 e. The number of nitrogens with one attached hydrogen (secondary N) is 2. The van der Waals surface area contributed by atoms with Crippen molar-refractivity contribution in [2.75, 3.05) is 18.8 Å². The lowest BCUT2D eigenvalue weighted by Gasteiger charge is -2.11. The van der Waals surface area contributed by atoms with Crippen molar-refractivity contribution in [1.82, 2.24) is 25.2 Å². The van der Waals surface area contributed by atoms with Crippen LogP contribution in [0.3, 0.4) is 0 Å². The van der Waals surface area contributed by atoms with E-state index < -0.39 is 0 Å². The highest BCUT2D eigenvalue weighted by atomic mass is 16.2. The molecule has 7 heteroatoms. The number of amides is 2. The molecule has 0 saturated heterocycles. The van der Waals surface area contributed by atoms with Crippen LogP contribution in [0.4, 0.5) is 10.6 Å². The van der Waals surface area contributed by atoms with E-state index >= 15 is 0 Å². The van der Waals surface area contributed by atoms with E-state index in [-0.39, 0.29) is 6.03 Å². The Balaban J connectivity index is 1.78. The Kier molecular flexibility index (Phi) is 7.27. The number of fused-ring (bicyclic) bond motifs is 3. The number of aromatic nitrogens is 3. The first-order chi connectivity index (χ1) is 14.2. The normalized spacial score (nSPS) is 11.2. The number of rotatable bonds is 10. The van der Waals surface area contributed by atoms with E-state index in [0.717, 1.165) is 72.8 Å². The van der Waals surface area contributed by atoms with E-state index in [9.17, 15) is 4.79 Å². The van der Waals surface area contributed by atoms with Gasteiger partial charge in [0.05, 0.1) is 11.0 Å². The van der Waals surface area contributed by atoms with Gasteiger partial charge in [-0.3, -0.25) is 0 Å². The summed E-state index contributed by atoms with van der Waals surface area (Å²) in [5, 5.41) is 6.84. The zero-order valence-electron chi connectivity index (χ0n) is 17.5. The number of unbranched alkanes of at least 4 members (excludes halogenated alkanes) is 2. The summed E-state index contributed by atoms with van der Waals surface area (Å²) in [7, 11) is 0. The molecule has 2 heterocycles. The van der Waals surface area contributed by atoms with Crippen molar-refractivity contribution in [2.24, 2.45) is 0 Å². The van der Waals surface area contributed by atoms with E-state index in [2.05, 4.69) is 33.2 Å². The zero-order valence-corrected chi connectivity index (χ0v) is 17.5. The maximum atomic E-state index is 11.7. The van der Waals surface area contributed by atoms with Gasteiger partial charge in [-0.05, 0) is 31.7 Å². The Bertz CT molecular complexity index is 965. The first kappa shape index (κ1) is 20.9. The Labute approximate surface area is 172 Å². The molecule has 156 valence electrons. The van der Waals surface area contributed by atoms with Gasteiger partial charge in [-0.1, -0.05) is 38.5 Å². The van der Waals surface area contributed by atoms with Crippen LogP contribution in [0.25, 0.3) is 21.9 Å². The molecule has 7 nitrogen and oxygen atoms in total. The zero-order chi connectivity index (χ0) is 20.6. The minimum Gasteiger partial charge on any atom is -0.382 e. The predicted octanol–water partition coefficient (Wildman–Crippen LogP) is 4.00. The van der Waals surface area contributed by atoms with Gasteiger partial charge in [0, 0.05) is 31.4 Å². The number of nitrogens with zero attached hydrogens (tertiary/aromatic N) is 3. The standard InChI is InChI=1S/C22H32N6O/c1-3-5-12-18-27-19-20(16-10-6-7-11-17(16)26-21(19)23)28(18)15-9-8-14-25-22(29)24-13-4-2/h6-7,10-11H,3-5,8-9,12-15H2,1-2H3,(H2,23,26)(H2,24,25,29). The second kappa shape index (κ2) is 10.1. The molecule has 2 aromatic heterocycles. The van der Waals surface area contributed by atoms with E-state index in [1.54, 1.807) is 0 Å². The summed E-state index contributed by atoms with van der Waals surface area (Å²) in [4.78, 5) is 21.1. The highest BCUT2D eigenvalue weighted by molar-refractivity contribution is 6.06. The molecule has 4 N–H and O–H groups in total. The quantitative estimate of drug-likeness (QED) is 0.451. The number of nitrogens with two attached hydrogens (primary N) is 1. The SMILES string of the molecule is CCCCc1nc2c(N)nc3ccccc3c2n1CCCCNC(=O)NCCC. The molecule has 29 heavy (non-hydrogen) atoms. The number of benzene rings is 1. The molecule has 2 amide bonds. The number of carbonyl (C=O) groups excluding carboxylic acids is 1. The van der Waals surface area contributed by atoms with Gasteiger partial charge >= 0.3 is 6.03 Å². The predicted molar refractivity (Wildman–Crippen MR) is 119 cm³/mol. The minimum atomic E-state index is -0.0894. The lowest BCUT2D eigenvalue weighted by molar-refractivity contribution is 0.240. The second-order valence-corrected chi connectivity index (χ2v) is 7.38. The van der Waals surface area contributed by atoms with Crippen LogP contribution in [0.2, 0.25) is 0 Å². The maximum absolute atomic E-state index is 11.7. The molecule has 0 radical (unpaired) electrons. The number of imidazole rings is 1. The van der Waals surface area contributed by atoms with Crippen LogP contribution >= 0.6 is 0 Å². The fourth-order valence-corrected chi connectivity index (χ4v) is 3.57. The maximum Gasteiger partial charge on any atom is 0.314 e. The van der Waals surface area contributed by atoms with Crippen molar-refractivity contribution in [3.05, 3.63) is 30.1 Å². The molecular formula is C22H32N6O. The summed E-state index contributed by atoms with van der Waals surface area (Å²) in [6.45, 7) is 6.44. The number of aryl methyl sites for hydroxylation is 2. The first-order valence-electron chi connectivity index (χ1n) is 10.7. The Morgan fingerprint density at radius 2 is 1.83 bits per heavy atom. The number of hydrogen-bond acceptors (Lipinski definition) is 4. The number of urea groups is 1. The average molecular weight is 397 g/mol. The molecule has 0 atom stereocenters.